The predicted molar refractivity (Wildman–Crippen MR) is 77.6 cm³/mol. The van der Waals surface area contributed by atoms with Gasteiger partial charge >= 0.3 is 0 Å². The minimum absolute atomic E-state index is 0.0181. The van der Waals surface area contributed by atoms with Gasteiger partial charge in [0.1, 0.15) is 18.1 Å². The molecule has 1 atom stereocenters. The number of fused-ring (bicyclic) bond motifs is 1. The number of aryl methyl sites for hydroxylation is 1. The lowest BCUT2D eigenvalue weighted by molar-refractivity contribution is 0.0785. The van der Waals surface area contributed by atoms with Gasteiger partial charge in [-0.1, -0.05) is 5.16 Å². The molecule has 4 heterocycles. The van der Waals surface area contributed by atoms with Crippen molar-refractivity contribution < 1.29 is 18.8 Å². The van der Waals surface area contributed by atoms with Crippen molar-refractivity contribution in [2.75, 3.05) is 26.3 Å². The zero-order chi connectivity index (χ0) is 15.1. The Morgan fingerprint density at radius 1 is 1.41 bits per heavy atom. The third-order valence-electron chi connectivity index (χ3n) is 3.86. The van der Waals surface area contributed by atoms with Gasteiger partial charge in [-0.05, 0) is 13.3 Å². The minimum atomic E-state index is -0.0181. The van der Waals surface area contributed by atoms with E-state index in [0.717, 1.165) is 6.42 Å². The number of nitrogens with zero attached hydrogens (tertiary/aromatic N) is 3. The number of hydrogen-bond acceptors (Lipinski definition) is 7. The molecular formula is C14H15N3O4S. The van der Waals surface area contributed by atoms with Crippen molar-refractivity contribution in [2.24, 2.45) is 0 Å². The van der Waals surface area contributed by atoms with E-state index in [1.165, 1.54) is 11.3 Å². The first-order chi connectivity index (χ1) is 10.7. The number of carbonyl (C=O) groups excluding carboxylic acids is 1. The van der Waals surface area contributed by atoms with E-state index >= 15 is 0 Å². The maximum Gasteiger partial charge on any atom is 0.267 e. The van der Waals surface area contributed by atoms with E-state index in [-0.39, 0.29) is 11.8 Å². The minimum Gasteiger partial charge on any atom is -0.485 e. The molecule has 22 heavy (non-hydrogen) atoms. The summed E-state index contributed by atoms with van der Waals surface area (Å²) in [6, 6.07) is 0. The number of aromatic nitrogens is 2. The van der Waals surface area contributed by atoms with Gasteiger partial charge < -0.3 is 18.9 Å². The van der Waals surface area contributed by atoms with Crippen LogP contribution in [0.2, 0.25) is 0 Å². The highest BCUT2D eigenvalue weighted by molar-refractivity contribution is 7.12. The lowest BCUT2D eigenvalue weighted by atomic mass is 10.1. The maximum atomic E-state index is 12.7. The van der Waals surface area contributed by atoms with Crippen LogP contribution in [0.3, 0.4) is 0 Å². The Kier molecular flexibility index (Phi) is 3.25. The fraction of sp³-hybridized carbons (Fsp3) is 0.500. The molecule has 2 aromatic heterocycles. The SMILES string of the molecule is Cc1noc(C2CCN(C(=O)c3scc4c3OCCO4)C2)n1. The fourth-order valence-electron chi connectivity index (χ4n) is 2.78. The van der Waals surface area contributed by atoms with Crippen molar-refractivity contribution in [1.82, 2.24) is 15.0 Å². The van der Waals surface area contributed by atoms with Gasteiger partial charge in [0.25, 0.3) is 5.91 Å². The molecule has 2 aliphatic rings. The smallest absolute Gasteiger partial charge is 0.267 e. The summed E-state index contributed by atoms with van der Waals surface area (Å²) in [5, 5.41) is 5.64. The molecule has 0 bridgehead atoms. The molecule has 8 heteroatoms. The summed E-state index contributed by atoms with van der Waals surface area (Å²) in [6.07, 6.45) is 0.832. The van der Waals surface area contributed by atoms with E-state index < -0.39 is 0 Å². The lowest BCUT2D eigenvalue weighted by Gasteiger charge is -2.18. The van der Waals surface area contributed by atoms with Crippen LogP contribution in [0, 0.1) is 6.92 Å². The molecule has 1 saturated heterocycles. The average molecular weight is 321 g/mol. The number of hydrogen-bond donors (Lipinski definition) is 0. The largest absolute Gasteiger partial charge is 0.485 e. The molecule has 2 aromatic rings. The zero-order valence-electron chi connectivity index (χ0n) is 12.1. The Morgan fingerprint density at radius 2 is 2.27 bits per heavy atom. The Balaban J connectivity index is 1.51. The zero-order valence-corrected chi connectivity index (χ0v) is 12.9. The summed E-state index contributed by atoms with van der Waals surface area (Å²) in [5.74, 6) is 2.58. The van der Waals surface area contributed by atoms with E-state index in [2.05, 4.69) is 10.1 Å². The molecule has 0 saturated carbocycles. The van der Waals surface area contributed by atoms with Gasteiger partial charge in [-0.2, -0.15) is 4.98 Å². The number of amides is 1. The highest BCUT2D eigenvalue weighted by Gasteiger charge is 2.34. The molecule has 7 nitrogen and oxygen atoms in total. The van der Waals surface area contributed by atoms with Crippen LogP contribution < -0.4 is 9.47 Å². The first-order valence-electron chi connectivity index (χ1n) is 7.19. The van der Waals surface area contributed by atoms with Crippen molar-refractivity contribution in [2.45, 2.75) is 19.3 Å². The van der Waals surface area contributed by atoms with Crippen LogP contribution in [0.5, 0.6) is 11.5 Å². The molecule has 116 valence electrons. The molecule has 4 rings (SSSR count). The highest BCUT2D eigenvalue weighted by atomic mass is 32.1. The van der Waals surface area contributed by atoms with Gasteiger partial charge in [0.15, 0.2) is 17.3 Å². The second kappa shape index (κ2) is 5.28. The fourth-order valence-corrected chi connectivity index (χ4v) is 3.68. The molecule has 0 aliphatic carbocycles. The molecule has 1 amide bonds. The topological polar surface area (TPSA) is 77.7 Å². The van der Waals surface area contributed by atoms with E-state index in [1.54, 1.807) is 6.92 Å². The number of likely N-dealkylation sites (tertiary alicyclic amines) is 1. The molecule has 1 fully saturated rings. The molecule has 0 radical (unpaired) electrons. The van der Waals surface area contributed by atoms with E-state index in [0.29, 0.717) is 54.4 Å². The first kappa shape index (κ1) is 13.6. The van der Waals surface area contributed by atoms with Crippen LogP contribution in [0.25, 0.3) is 0 Å². The van der Waals surface area contributed by atoms with Crippen molar-refractivity contribution in [1.29, 1.82) is 0 Å². The van der Waals surface area contributed by atoms with E-state index in [4.69, 9.17) is 14.0 Å². The van der Waals surface area contributed by atoms with Gasteiger partial charge in [-0.15, -0.1) is 11.3 Å². The van der Waals surface area contributed by atoms with Gasteiger partial charge in [0.05, 0.1) is 5.92 Å². The van der Waals surface area contributed by atoms with E-state index in [9.17, 15) is 4.79 Å². The Morgan fingerprint density at radius 3 is 3.09 bits per heavy atom. The van der Waals surface area contributed by atoms with Crippen LogP contribution in [-0.4, -0.2) is 47.3 Å². The van der Waals surface area contributed by atoms with Gasteiger partial charge in [-0.25, -0.2) is 0 Å². The number of thiophene rings is 1. The first-order valence-corrected chi connectivity index (χ1v) is 8.07. The molecule has 0 spiro atoms. The van der Waals surface area contributed by atoms with Gasteiger partial charge in [0, 0.05) is 18.5 Å². The molecular weight excluding hydrogens is 306 g/mol. The number of carbonyl (C=O) groups is 1. The molecule has 1 unspecified atom stereocenters. The Labute approximate surface area is 130 Å². The summed E-state index contributed by atoms with van der Waals surface area (Å²) in [5.41, 5.74) is 0. The monoisotopic (exact) mass is 321 g/mol. The molecule has 0 N–H and O–H groups in total. The third kappa shape index (κ3) is 2.23. The normalized spacial score (nSPS) is 20.4. The molecule has 2 aliphatic heterocycles. The van der Waals surface area contributed by atoms with Crippen LogP contribution in [0.15, 0.2) is 9.90 Å². The van der Waals surface area contributed by atoms with Gasteiger partial charge in [0.2, 0.25) is 5.89 Å². The predicted octanol–water partition coefficient (Wildman–Crippen LogP) is 1.84. The summed E-state index contributed by atoms with van der Waals surface area (Å²) < 4.78 is 16.3. The highest BCUT2D eigenvalue weighted by Crippen LogP contribution is 2.40. The van der Waals surface area contributed by atoms with Crippen molar-refractivity contribution in [3.63, 3.8) is 0 Å². The van der Waals surface area contributed by atoms with Crippen LogP contribution in [-0.2, 0) is 0 Å². The summed E-state index contributed by atoms with van der Waals surface area (Å²) in [4.78, 5) is 19.4. The third-order valence-corrected chi connectivity index (χ3v) is 4.79. The summed E-state index contributed by atoms with van der Waals surface area (Å²) >= 11 is 1.37. The second-order valence-electron chi connectivity index (χ2n) is 5.37. The number of ether oxygens (including phenoxy) is 2. The van der Waals surface area contributed by atoms with E-state index in [1.807, 2.05) is 10.3 Å². The van der Waals surface area contributed by atoms with Crippen molar-refractivity contribution >= 4 is 17.2 Å². The van der Waals surface area contributed by atoms with Crippen molar-refractivity contribution in [3.8, 4) is 11.5 Å². The quantitative estimate of drug-likeness (QED) is 0.840. The Bertz CT molecular complexity index is 711. The van der Waals surface area contributed by atoms with Crippen LogP contribution in [0.4, 0.5) is 0 Å². The van der Waals surface area contributed by atoms with Crippen LogP contribution in [0.1, 0.15) is 33.7 Å². The summed E-state index contributed by atoms with van der Waals surface area (Å²) in [7, 11) is 0. The van der Waals surface area contributed by atoms with Crippen molar-refractivity contribution in [3.05, 3.63) is 22.0 Å². The number of rotatable bonds is 2. The molecule has 0 aromatic carbocycles. The Hall–Kier alpha value is -2.09. The van der Waals surface area contributed by atoms with Gasteiger partial charge in [-0.3, -0.25) is 4.79 Å². The average Bonchev–Trinajstić information content (AvgIpc) is 3.25. The van der Waals surface area contributed by atoms with Crippen LogP contribution >= 0.6 is 11.3 Å². The second-order valence-corrected chi connectivity index (χ2v) is 6.25. The maximum absolute atomic E-state index is 12.7. The summed E-state index contributed by atoms with van der Waals surface area (Å²) in [6.45, 7) is 4.07. The standard InChI is InChI=1S/C14H15N3O4S/c1-8-15-13(21-16-8)9-2-3-17(6-9)14(18)12-11-10(7-22-12)19-4-5-20-11/h7,9H,2-6H2,1H3. The lowest BCUT2D eigenvalue weighted by Crippen LogP contribution is -2.28.